The first-order chi connectivity index (χ1) is 10.1. The Labute approximate surface area is 125 Å². The quantitative estimate of drug-likeness (QED) is 0.643. The van der Waals surface area contributed by atoms with Gasteiger partial charge in [0.2, 0.25) is 0 Å². The van der Waals surface area contributed by atoms with Crippen LogP contribution in [0.5, 0.6) is 0 Å². The third kappa shape index (κ3) is 3.06. The number of amides is 2. The standard InChI is InChI=1S/C15H14FNO3S/c1-2-7-17-14(19)12(10-3-5-11(16)6-4-10)13(15(17)20)21-9-8-18/h2-6,18H,1,7-9H2. The van der Waals surface area contributed by atoms with E-state index in [1.54, 1.807) is 0 Å². The van der Waals surface area contributed by atoms with Gasteiger partial charge in [0.1, 0.15) is 5.82 Å². The van der Waals surface area contributed by atoms with Gasteiger partial charge in [-0.15, -0.1) is 18.3 Å². The van der Waals surface area contributed by atoms with E-state index in [-0.39, 0.29) is 23.6 Å². The smallest absolute Gasteiger partial charge is 0.268 e. The number of thioether (sulfide) groups is 1. The van der Waals surface area contributed by atoms with Crippen LogP contribution >= 0.6 is 11.8 Å². The number of carbonyl (C=O) groups excluding carboxylic acids is 2. The first kappa shape index (κ1) is 15.5. The Morgan fingerprint density at radius 1 is 1.24 bits per heavy atom. The van der Waals surface area contributed by atoms with Crippen LogP contribution in [0.15, 0.2) is 41.8 Å². The lowest BCUT2D eigenvalue weighted by Gasteiger charge is -2.11. The predicted molar refractivity (Wildman–Crippen MR) is 79.8 cm³/mol. The van der Waals surface area contributed by atoms with Gasteiger partial charge in [-0.05, 0) is 17.7 Å². The van der Waals surface area contributed by atoms with E-state index in [4.69, 9.17) is 5.11 Å². The van der Waals surface area contributed by atoms with Crippen molar-refractivity contribution in [3.05, 3.63) is 53.2 Å². The molecule has 1 aromatic rings. The van der Waals surface area contributed by atoms with Gasteiger partial charge in [-0.25, -0.2) is 4.39 Å². The van der Waals surface area contributed by atoms with Gasteiger partial charge in [-0.2, -0.15) is 0 Å². The Hall–Kier alpha value is -1.92. The number of hydrogen-bond acceptors (Lipinski definition) is 4. The fourth-order valence-corrected chi connectivity index (χ4v) is 2.88. The fourth-order valence-electron chi connectivity index (χ4n) is 2.00. The molecule has 4 nitrogen and oxygen atoms in total. The van der Waals surface area contributed by atoms with E-state index >= 15 is 0 Å². The third-order valence-corrected chi connectivity index (χ3v) is 3.96. The molecule has 1 aliphatic heterocycles. The molecule has 0 atom stereocenters. The molecule has 110 valence electrons. The number of aliphatic hydroxyl groups excluding tert-OH is 1. The van der Waals surface area contributed by atoms with E-state index in [0.29, 0.717) is 11.3 Å². The van der Waals surface area contributed by atoms with Crippen molar-refractivity contribution in [2.24, 2.45) is 0 Å². The van der Waals surface area contributed by atoms with Crippen LogP contribution in [0.3, 0.4) is 0 Å². The number of benzene rings is 1. The first-order valence-electron chi connectivity index (χ1n) is 6.31. The Morgan fingerprint density at radius 2 is 1.90 bits per heavy atom. The van der Waals surface area contributed by atoms with Gasteiger partial charge in [0, 0.05) is 12.3 Å². The van der Waals surface area contributed by atoms with Gasteiger partial charge in [0.05, 0.1) is 17.1 Å². The van der Waals surface area contributed by atoms with E-state index in [1.165, 1.54) is 30.3 Å². The summed E-state index contributed by atoms with van der Waals surface area (Å²) in [5.41, 5.74) is 0.738. The molecule has 0 radical (unpaired) electrons. The molecule has 2 rings (SSSR count). The second kappa shape index (κ2) is 6.69. The third-order valence-electron chi connectivity index (χ3n) is 2.91. The van der Waals surface area contributed by atoms with Crippen molar-refractivity contribution >= 4 is 29.1 Å². The van der Waals surface area contributed by atoms with E-state index in [2.05, 4.69) is 6.58 Å². The minimum absolute atomic E-state index is 0.103. The zero-order valence-corrected chi connectivity index (χ0v) is 12.0. The van der Waals surface area contributed by atoms with Crippen LogP contribution in [0.1, 0.15) is 5.56 Å². The largest absolute Gasteiger partial charge is 0.396 e. The summed E-state index contributed by atoms with van der Waals surface area (Å²) < 4.78 is 13.0. The lowest BCUT2D eigenvalue weighted by atomic mass is 10.1. The van der Waals surface area contributed by atoms with Crippen molar-refractivity contribution in [2.75, 3.05) is 18.9 Å². The second-order valence-electron chi connectivity index (χ2n) is 4.29. The summed E-state index contributed by atoms with van der Waals surface area (Å²) in [4.78, 5) is 26.0. The topological polar surface area (TPSA) is 57.6 Å². The van der Waals surface area contributed by atoms with Crippen LogP contribution in [0, 0.1) is 5.82 Å². The van der Waals surface area contributed by atoms with E-state index < -0.39 is 17.6 Å². The van der Waals surface area contributed by atoms with Crippen LogP contribution in [0.25, 0.3) is 5.57 Å². The van der Waals surface area contributed by atoms with Crippen LogP contribution in [-0.2, 0) is 9.59 Å². The van der Waals surface area contributed by atoms with Crippen molar-refractivity contribution in [3.8, 4) is 0 Å². The van der Waals surface area contributed by atoms with E-state index in [0.717, 1.165) is 16.7 Å². The van der Waals surface area contributed by atoms with Gasteiger partial charge < -0.3 is 5.11 Å². The molecule has 0 spiro atoms. The van der Waals surface area contributed by atoms with E-state index in [9.17, 15) is 14.0 Å². The van der Waals surface area contributed by atoms with Gasteiger partial charge in [0.15, 0.2) is 0 Å². The zero-order chi connectivity index (χ0) is 15.4. The number of hydrogen-bond donors (Lipinski definition) is 1. The molecule has 0 unspecified atom stereocenters. The summed E-state index contributed by atoms with van der Waals surface area (Å²) in [5, 5.41) is 8.92. The molecule has 0 fully saturated rings. The fraction of sp³-hybridized carbons (Fsp3) is 0.200. The van der Waals surface area contributed by atoms with Gasteiger partial charge in [-0.1, -0.05) is 18.2 Å². The molecule has 0 aromatic heterocycles. The molecular formula is C15H14FNO3S. The highest BCUT2D eigenvalue weighted by Crippen LogP contribution is 2.35. The van der Waals surface area contributed by atoms with Crippen molar-refractivity contribution in [1.82, 2.24) is 4.90 Å². The molecule has 1 heterocycles. The molecule has 1 N–H and O–H groups in total. The van der Waals surface area contributed by atoms with Crippen molar-refractivity contribution < 1.29 is 19.1 Å². The molecule has 1 aromatic carbocycles. The Kier molecular flexibility index (Phi) is 4.93. The minimum Gasteiger partial charge on any atom is -0.396 e. The SMILES string of the molecule is C=CCN1C(=O)C(SCCO)=C(c2ccc(F)cc2)C1=O. The number of nitrogens with zero attached hydrogens (tertiary/aromatic N) is 1. The second-order valence-corrected chi connectivity index (χ2v) is 5.40. The average molecular weight is 307 g/mol. The maximum Gasteiger partial charge on any atom is 0.268 e. The highest BCUT2D eigenvalue weighted by molar-refractivity contribution is 8.04. The number of rotatable bonds is 6. The molecule has 0 saturated heterocycles. The normalized spacial score (nSPS) is 15.0. The van der Waals surface area contributed by atoms with Gasteiger partial charge in [0.25, 0.3) is 11.8 Å². The molecule has 2 amide bonds. The minimum atomic E-state index is -0.424. The van der Waals surface area contributed by atoms with Crippen LogP contribution < -0.4 is 0 Å². The van der Waals surface area contributed by atoms with Crippen LogP contribution in [0.2, 0.25) is 0 Å². The summed E-state index contributed by atoms with van der Waals surface area (Å²) >= 11 is 1.12. The van der Waals surface area contributed by atoms with Crippen molar-refractivity contribution in [1.29, 1.82) is 0 Å². The van der Waals surface area contributed by atoms with Crippen LogP contribution in [-0.4, -0.2) is 40.7 Å². The predicted octanol–water partition coefficient (Wildman–Crippen LogP) is 1.82. The molecule has 0 aliphatic carbocycles. The molecular weight excluding hydrogens is 293 g/mol. The zero-order valence-electron chi connectivity index (χ0n) is 11.2. The maximum absolute atomic E-state index is 13.0. The number of aliphatic hydroxyl groups is 1. The van der Waals surface area contributed by atoms with Gasteiger partial charge >= 0.3 is 0 Å². The lowest BCUT2D eigenvalue weighted by molar-refractivity contribution is -0.135. The van der Waals surface area contributed by atoms with Crippen molar-refractivity contribution in [2.45, 2.75) is 0 Å². The number of carbonyl (C=O) groups is 2. The number of halogens is 1. The van der Waals surface area contributed by atoms with Crippen LogP contribution in [0.4, 0.5) is 4.39 Å². The van der Waals surface area contributed by atoms with E-state index in [1.807, 2.05) is 0 Å². The molecule has 21 heavy (non-hydrogen) atoms. The summed E-state index contributed by atoms with van der Waals surface area (Å²) in [5.74, 6) is -0.936. The molecule has 1 aliphatic rings. The summed E-state index contributed by atoms with van der Waals surface area (Å²) in [6.07, 6.45) is 1.47. The maximum atomic E-state index is 13.0. The first-order valence-corrected chi connectivity index (χ1v) is 7.29. The lowest BCUT2D eigenvalue weighted by Crippen LogP contribution is -2.31. The molecule has 0 saturated carbocycles. The van der Waals surface area contributed by atoms with Gasteiger partial charge in [-0.3, -0.25) is 14.5 Å². The number of imide groups is 1. The van der Waals surface area contributed by atoms with Crippen molar-refractivity contribution in [3.63, 3.8) is 0 Å². The Balaban J connectivity index is 2.45. The molecule has 6 heteroatoms. The Morgan fingerprint density at radius 3 is 2.48 bits per heavy atom. The highest BCUT2D eigenvalue weighted by atomic mass is 32.2. The summed E-state index contributed by atoms with van der Waals surface area (Å²) in [6, 6.07) is 5.41. The summed E-state index contributed by atoms with van der Waals surface area (Å²) in [6.45, 7) is 3.54. The summed E-state index contributed by atoms with van der Waals surface area (Å²) in [7, 11) is 0. The Bertz CT molecular complexity index is 610. The molecule has 0 bridgehead atoms. The highest BCUT2D eigenvalue weighted by Gasteiger charge is 2.38. The monoisotopic (exact) mass is 307 g/mol. The average Bonchev–Trinajstić information content (AvgIpc) is 2.71.